The van der Waals surface area contributed by atoms with E-state index < -0.39 is 0 Å². The van der Waals surface area contributed by atoms with Crippen molar-refractivity contribution in [3.05, 3.63) is 23.8 Å². The SMILES string of the molecule is COc1cc(/C=N\NC(C)=O)ccc1OCCC(C)C. The Hall–Kier alpha value is -2.04. The molecule has 0 aliphatic rings. The largest absolute Gasteiger partial charge is 0.493 e. The summed E-state index contributed by atoms with van der Waals surface area (Å²) in [5, 5.41) is 3.81. The minimum Gasteiger partial charge on any atom is -0.493 e. The predicted octanol–water partition coefficient (Wildman–Crippen LogP) is 2.59. The standard InChI is InChI=1S/C15H22N2O3/c1-11(2)7-8-20-14-6-5-13(9-15(14)19-4)10-16-17-12(3)18/h5-6,9-11H,7-8H2,1-4H3,(H,17,18)/b16-10-. The van der Waals surface area contributed by atoms with Gasteiger partial charge in [0.05, 0.1) is 19.9 Å². The molecule has 0 aromatic heterocycles. The van der Waals surface area contributed by atoms with Gasteiger partial charge in [0.2, 0.25) is 5.91 Å². The van der Waals surface area contributed by atoms with E-state index >= 15 is 0 Å². The van der Waals surface area contributed by atoms with E-state index in [0.29, 0.717) is 24.0 Å². The van der Waals surface area contributed by atoms with Gasteiger partial charge >= 0.3 is 0 Å². The number of ether oxygens (including phenoxy) is 2. The average Bonchev–Trinajstić information content (AvgIpc) is 2.39. The van der Waals surface area contributed by atoms with Crippen molar-refractivity contribution in [1.82, 2.24) is 5.43 Å². The van der Waals surface area contributed by atoms with Crippen LogP contribution in [-0.4, -0.2) is 25.8 Å². The molecule has 1 rings (SSSR count). The zero-order valence-corrected chi connectivity index (χ0v) is 12.5. The molecule has 0 spiro atoms. The first kappa shape index (κ1) is 16.0. The van der Waals surface area contributed by atoms with Crippen LogP contribution in [0.5, 0.6) is 11.5 Å². The van der Waals surface area contributed by atoms with E-state index in [9.17, 15) is 4.79 Å². The maximum absolute atomic E-state index is 10.7. The second-order valence-electron chi connectivity index (χ2n) is 4.87. The summed E-state index contributed by atoms with van der Waals surface area (Å²) in [5.74, 6) is 1.76. The van der Waals surface area contributed by atoms with Crippen molar-refractivity contribution in [2.75, 3.05) is 13.7 Å². The highest BCUT2D eigenvalue weighted by Crippen LogP contribution is 2.27. The van der Waals surface area contributed by atoms with Gasteiger partial charge in [-0.2, -0.15) is 5.10 Å². The van der Waals surface area contributed by atoms with Gasteiger partial charge in [0.15, 0.2) is 11.5 Å². The Kier molecular flexibility index (Phi) is 6.56. The van der Waals surface area contributed by atoms with Gasteiger partial charge in [0, 0.05) is 6.92 Å². The fourth-order valence-corrected chi connectivity index (χ4v) is 1.49. The third kappa shape index (κ3) is 5.73. The molecule has 0 saturated heterocycles. The molecule has 0 saturated carbocycles. The number of hydrazone groups is 1. The third-order valence-electron chi connectivity index (χ3n) is 2.58. The Balaban J connectivity index is 2.69. The summed E-state index contributed by atoms with van der Waals surface area (Å²) in [6, 6.07) is 5.52. The monoisotopic (exact) mass is 278 g/mol. The molecule has 0 atom stereocenters. The van der Waals surface area contributed by atoms with Crippen LogP contribution in [0.3, 0.4) is 0 Å². The molecular formula is C15H22N2O3. The van der Waals surface area contributed by atoms with Crippen LogP contribution in [0.15, 0.2) is 23.3 Å². The van der Waals surface area contributed by atoms with Crippen LogP contribution in [0.1, 0.15) is 32.8 Å². The van der Waals surface area contributed by atoms with Crippen molar-refractivity contribution >= 4 is 12.1 Å². The fraction of sp³-hybridized carbons (Fsp3) is 0.467. The van der Waals surface area contributed by atoms with E-state index in [2.05, 4.69) is 24.4 Å². The molecule has 1 N–H and O–H groups in total. The average molecular weight is 278 g/mol. The molecule has 110 valence electrons. The number of hydrogen-bond donors (Lipinski definition) is 1. The number of nitrogens with one attached hydrogen (secondary N) is 1. The molecule has 0 bridgehead atoms. The Morgan fingerprint density at radius 3 is 2.75 bits per heavy atom. The van der Waals surface area contributed by atoms with Gasteiger partial charge in [-0.05, 0) is 36.1 Å². The molecule has 0 aliphatic heterocycles. The summed E-state index contributed by atoms with van der Waals surface area (Å²) >= 11 is 0. The minimum absolute atomic E-state index is 0.207. The van der Waals surface area contributed by atoms with Crippen LogP contribution in [0.25, 0.3) is 0 Å². The molecule has 0 unspecified atom stereocenters. The summed E-state index contributed by atoms with van der Waals surface area (Å²) in [6.07, 6.45) is 2.55. The number of benzene rings is 1. The van der Waals surface area contributed by atoms with Crippen molar-refractivity contribution < 1.29 is 14.3 Å². The quantitative estimate of drug-likeness (QED) is 0.616. The lowest BCUT2D eigenvalue weighted by molar-refractivity contribution is -0.118. The highest BCUT2D eigenvalue weighted by molar-refractivity contribution is 5.82. The Morgan fingerprint density at radius 1 is 1.40 bits per heavy atom. The Bertz CT molecular complexity index is 470. The smallest absolute Gasteiger partial charge is 0.236 e. The van der Waals surface area contributed by atoms with Crippen molar-refractivity contribution in [1.29, 1.82) is 0 Å². The molecule has 1 amide bonds. The molecule has 1 aromatic rings. The normalized spacial score (nSPS) is 10.8. The van der Waals surface area contributed by atoms with Crippen LogP contribution in [0.2, 0.25) is 0 Å². The van der Waals surface area contributed by atoms with E-state index in [4.69, 9.17) is 9.47 Å². The molecule has 1 aromatic carbocycles. The lowest BCUT2D eigenvalue weighted by Gasteiger charge is -2.12. The van der Waals surface area contributed by atoms with Gasteiger partial charge in [-0.3, -0.25) is 4.79 Å². The number of hydrogen-bond acceptors (Lipinski definition) is 4. The lowest BCUT2D eigenvalue weighted by atomic mass is 10.1. The molecule has 0 aliphatic carbocycles. The number of methoxy groups -OCH3 is 1. The first-order valence-corrected chi connectivity index (χ1v) is 6.63. The lowest BCUT2D eigenvalue weighted by Crippen LogP contribution is -2.12. The van der Waals surface area contributed by atoms with Crippen LogP contribution in [-0.2, 0) is 4.79 Å². The molecule has 0 radical (unpaired) electrons. The van der Waals surface area contributed by atoms with Crippen molar-refractivity contribution in [2.45, 2.75) is 27.2 Å². The van der Waals surface area contributed by atoms with E-state index in [1.54, 1.807) is 13.3 Å². The minimum atomic E-state index is -0.207. The van der Waals surface area contributed by atoms with Gasteiger partial charge in [-0.1, -0.05) is 13.8 Å². The van der Waals surface area contributed by atoms with Crippen LogP contribution >= 0.6 is 0 Å². The second-order valence-corrected chi connectivity index (χ2v) is 4.87. The van der Waals surface area contributed by atoms with Gasteiger partial charge in [-0.15, -0.1) is 0 Å². The zero-order chi connectivity index (χ0) is 15.0. The third-order valence-corrected chi connectivity index (χ3v) is 2.58. The topological polar surface area (TPSA) is 59.9 Å². The summed E-state index contributed by atoms with van der Waals surface area (Å²) in [6.45, 7) is 6.38. The van der Waals surface area contributed by atoms with Crippen LogP contribution < -0.4 is 14.9 Å². The van der Waals surface area contributed by atoms with E-state index in [1.165, 1.54) is 6.92 Å². The fourth-order valence-electron chi connectivity index (χ4n) is 1.49. The van der Waals surface area contributed by atoms with Crippen molar-refractivity contribution in [2.24, 2.45) is 11.0 Å². The number of rotatable bonds is 7. The van der Waals surface area contributed by atoms with E-state index in [0.717, 1.165) is 12.0 Å². The molecule has 5 nitrogen and oxygen atoms in total. The highest BCUT2D eigenvalue weighted by atomic mass is 16.5. The van der Waals surface area contributed by atoms with E-state index in [-0.39, 0.29) is 5.91 Å². The van der Waals surface area contributed by atoms with Crippen LogP contribution in [0.4, 0.5) is 0 Å². The van der Waals surface area contributed by atoms with Crippen molar-refractivity contribution in [3.63, 3.8) is 0 Å². The first-order chi connectivity index (χ1) is 9.52. The highest BCUT2D eigenvalue weighted by Gasteiger charge is 2.05. The molecule has 5 heteroatoms. The van der Waals surface area contributed by atoms with Gasteiger partial charge in [0.1, 0.15) is 0 Å². The maximum Gasteiger partial charge on any atom is 0.236 e. The molecule has 0 fully saturated rings. The first-order valence-electron chi connectivity index (χ1n) is 6.63. The molecular weight excluding hydrogens is 256 g/mol. The summed E-state index contributed by atoms with van der Waals surface area (Å²) in [7, 11) is 1.60. The summed E-state index contributed by atoms with van der Waals surface area (Å²) in [5.41, 5.74) is 3.18. The predicted molar refractivity (Wildman–Crippen MR) is 79.4 cm³/mol. The molecule has 20 heavy (non-hydrogen) atoms. The maximum atomic E-state index is 10.7. The number of carbonyl (C=O) groups excluding carboxylic acids is 1. The Morgan fingerprint density at radius 2 is 2.15 bits per heavy atom. The number of nitrogens with zero attached hydrogens (tertiary/aromatic N) is 1. The van der Waals surface area contributed by atoms with Gasteiger partial charge in [-0.25, -0.2) is 5.43 Å². The van der Waals surface area contributed by atoms with Crippen LogP contribution in [0, 0.1) is 5.92 Å². The Labute approximate surface area is 120 Å². The number of amides is 1. The van der Waals surface area contributed by atoms with E-state index in [1.807, 2.05) is 18.2 Å². The number of carbonyl (C=O) groups is 1. The van der Waals surface area contributed by atoms with Crippen molar-refractivity contribution in [3.8, 4) is 11.5 Å². The zero-order valence-electron chi connectivity index (χ0n) is 12.5. The summed E-state index contributed by atoms with van der Waals surface area (Å²) < 4.78 is 11.0. The summed E-state index contributed by atoms with van der Waals surface area (Å²) in [4.78, 5) is 10.7. The van der Waals surface area contributed by atoms with Gasteiger partial charge in [0.25, 0.3) is 0 Å². The molecule has 0 heterocycles. The second kappa shape index (κ2) is 8.19. The van der Waals surface area contributed by atoms with Gasteiger partial charge < -0.3 is 9.47 Å².